The fourth-order valence-corrected chi connectivity index (χ4v) is 2.80. The highest BCUT2D eigenvalue weighted by Crippen LogP contribution is 2.39. The lowest BCUT2D eigenvalue weighted by Gasteiger charge is -2.30. The van der Waals surface area contributed by atoms with Crippen molar-refractivity contribution < 1.29 is 4.74 Å². The third-order valence-corrected chi connectivity index (χ3v) is 3.73. The van der Waals surface area contributed by atoms with Crippen molar-refractivity contribution in [3.8, 4) is 5.75 Å². The molecule has 2 aromatic rings. The fraction of sp³-hybridized carbons (Fsp3) is 0.250. The van der Waals surface area contributed by atoms with Crippen LogP contribution in [0.15, 0.2) is 36.4 Å². The Morgan fingerprint density at radius 1 is 1.16 bits per heavy atom. The van der Waals surface area contributed by atoms with Gasteiger partial charge in [0.15, 0.2) is 0 Å². The van der Waals surface area contributed by atoms with Gasteiger partial charge in [-0.3, -0.25) is 0 Å². The molecule has 0 saturated carbocycles. The van der Waals surface area contributed by atoms with Crippen molar-refractivity contribution in [2.45, 2.75) is 20.0 Å². The molecule has 0 saturated heterocycles. The molecular formula is C16H16ClNO. The Bertz CT molecular complexity index is 624. The Morgan fingerprint density at radius 3 is 2.74 bits per heavy atom. The van der Waals surface area contributed by atoms with Crippen molar-refractivity contribution in [2.24, 2.45) is 0 Å². The molecule has 0 radical (unpaired) electrons. The number of anilines is 1. The second-order valence-corrected chi connectivity index (χ2v) is 5.38. The molecule has 0 amide bonds. The molecule has 0 aliphatic carbocycles. The fourth-order valence-electron chi connectivity index (χ4n) is 2.53. The standard InChI is InChI=1S/C16H16ClNO/c1-10-5-3-4-6-13(10)15-9-18-14-8-12(17)7-11(2)16(14)19-15/h3-8,15,18H,9H2,1-2H3. The van der Waals surface area contributed by atoms with Gasteiger partial charge in [-0.15, -0.1) is 0 Å². The van der Waals surface area contributed by atoms with Crippen LogP contribution in [0.2, 0.25) is 5.02 Å². The van der Waals surface area contributed by atoms with Gasteiger partial charge >= 0.3 is 0 Å². The summed E-state index contributed by atoms with van der Waals surface area (Å²) >= 11 is 6.06. The van der Waals surface area contributed by atoms with Gasteiger partial charge < -0.3 is 10.1 Å². The Kier molecular flexibility index (Phi) is 3.11. The summed E-state index contributed by atoms with van der Waals surface area (Å²) in [4.78, 5) is 0. The number of halogens is 1. The molecule has 1 aliphatic rings. The highest BCUT2D eigenvalue weighted by molar-refractivity contribution is 6.31. The molecule has 1 heterocycles. The van der Waals surface area contributed by atoms with E-state index in [-0.39, 0.29) is 6.10 Å². The van der Waals surface area contributed by atoms with Crippen LogP contribution < -0.4 is 10.1 Å². The average Bonchev–Trinajstić information content (AvgIpc) is 2.39. The average molecular weight is 274 g/mol. The molecule has 1 atom stereocenters. The van der Waals surface area contributed by atoms with E-state index in [0.29, 0.717) is 0 Å². The minimum atomic E-state index is 0.0496. The lowest BCUT2D eigenvalue weighted by atomic mass is 10.0. The molecule has 0 spiro atoms. The van der Waals surface area contributed by atoms with E-state index in [0.717, 1.165) is 28.6 Å². The first kappa shape index (κ1) is 12.4. The normalized spacial score (nSPS) is 17.3. The minimum absolute atomic E-state index is 0.0496. The molecule has 1 N–H and O–H groups in total. The molecule has 2 nitrogen and oxygen atoms in total. The zero-order valence-electron chi connectivity index (χ0n) is 11.0. The van der Waals surface area contributed by atoms with Gasteiger partial charge in [0.05, 0.1) is 12.2 Å². The van der Waals surface area contributed by atoms with Crippen LogP contribution >= 0.6 is 11.6 Å². The van der Waals surface area contributed by atoms with Gasteiger partial charge in [-0.05, 0) is 42.7 Å². The van der Waals surface area contributed by atoms with Crippen molar-refractivity contribution in [3.05, 3.63) is 58.1 Å². The Balaban J connectivity index is 1.97. The highest BCUT2D eigenvalue weighted by Gasteiger charge is 2.23. The molecule has 1 aliphatic heterocycles. The van der Waals surface area contributed by atoms with Crippen molar-refractivity contribution in [1.82, 2.24) is 0 Å². The maximum Gasteiger partial charge on any atom is 0.146 e. The first-order chi connectivity index (χ1) is 9.15. The summed E-state index contributed by atoms with van der Waals surface area (Å²) in [6.45, 7) is 4.90. The first-order valence-electron chi connectivity index (χ1n) is 6.41. The lowest BCUT2D eigenvalue weighted by Crippen LogP contribution is -2.24. The zero-order valence-corrected chi connectivity index (χ0v) is 11.8. The predicted molar refractivity (Wildman–Crippen MR) is 79.2 cm³/mol. The number of hydrogen-bond acceptors (Lipinski definition) is 2. The Labute approximate surface area is 118 Å². The van der Waals surface area contributed by atoms with Gasteiger partial charge in [-0.1, -0.05) is 35.9 Å². The maximum atomic E-state index is 6.16. The topological polar surface area (TPSA) is 21.3 Å². The number of nitrogens with one attached hydrogen (secondary N) is 1. The number of fused-ring (bicyclic) bond motifs is 1. The van der Waals surface area contributed by atoms with E-state index in [1.54, 1.807) is 0 Å². The smallest absolute Gasteiger partial charge is 0.146 e. The third-order valence-electron chi connectivity index (χ3n) is 3.51. The Morgan fingerprint density at radius 2 is 1.95 bits per heavy atom. The molecule has 3 rings (SSSR count). The number of ether oxygens (including phenoxy) is 1. The third kappa shape index (κ3) is 2.28. The van der Waals surface area contributed by atoms with Crippen LogP contribution in [0.1, 0.15) is 22.8 Å². The molecule has 0 bridgehead atoms. The number of rotatable bonds is 1. The summed E-state index contributed by atoms with van der Waals surface area (Å²) in [5.41, 5.74) is 4.53. The van der Waals surface area contributed by atoms with Crippen LogP contribution in [0.5, 0.6) is 5.75 Å². The van der Waals surface area contributed by atoms with Gasteiger partial charge in [-0.25, -0.2) is 0 Å². The summed E-state index contributed by atoms with van der Waals surface area (Å²) in [6, 6.07) is 12.2. The molecule has 98 valence electrons. The molecule has 1 unspecified atom stereocenters. The minimum Gasteiger partial charge on any atom is -0.481 e. The SMILES string of the molecule is Cc1ccccc1C1CNc2cc(Cl)cc(C)c2O1. The number of hydrogen-bond donors (Lipinski definition) is 1. The van der Waals surface area contributed by atoms with E-state index in [1.165, 1.54) is 11.1 Å². The van der Waals surface area contributed by atoms with Gasteiger partial charge in [0, 0.05) is 5.02 Å². The van der Waals surface area contributed by atoms with Crippen LogP contribution in [-0.2, 0) is 0 Å². The first-order valence-corrected chi connectivity index (χ1v) is 6.79. The summed E-state index contributed by atoms with van der Waals surface area (Å²) < 4.78 is 6.16. The van der Waals surface area contributed by atoms with E-state index in [1.807, 2.05) is 25.1 Å². The predicted octanol–water partition coefficient (Wildman–Crippen LogP) is 4.50. The quantitative estimate of drug-likeness (QED) is 0.826. The monoisotopic (exact) mass is 273 g/mol. The molecular weight excluding hydrogens is 258 g/mol. The van der Waals surface area contributed by atoms with Crippen LogP contribution in [0.3, 0.4) is 0 Å². The van der Waals surface area contributed by atoms with Gasteiger partial charge in [0.2, 0.25) is 0 Å². The summed E-state index contributed by atoms with van der Waals surface area (Å²) in [6.07, 6.45) is 0.0496. The molecule has 19 heavy (non-hydrogen) atoms. The van der Waals surface area contributed by atoms with Gasteiger partial charge in [0.25, 0.3) is 0 Å². The van der Waals surface area contributed by atoms with E-state index in [2.05, 4.69) is 30.4 Å². The van der Waals surface area contributed by atoms with Crippen LogP contribution in [-0.4, -0.2) is 6.54 Å². The highest BCUT2D eigenvalue weighted by atomic mass is 35.5. The molecule has 0 fully saturated rings. The van der Waals surface area contributed by atoms with Crippen molar-refractivity contribution in [1.29, 1.82) is 0 Å². The van der Waals surface area contributed by atoms with Gasteiger partial charge in [-0.2, -0.15) is 0 Å². The Hall–Kier alpha value is -1.67. The summed E-state index contributed by atoms with van der Waals surface area (Å²) in [7, 11) is 0. The van der Waals surface area contributed by atoms with Crippen LogP contribution in [0, 0.1) is 13.8 Å². The largest absolute Gasteiger partial charge is 0.481 e. The molecule has 2 aromatic carbocycles. The van der Waals surface area contributed by atoms with Crippen molar-refractivity contribution >= 4 is 17.3 Å². The maximum absolute atomic E-state index is 6.16. The van der Waals surface area contributed by atoms with Crippen LogP contribution in [0.25, 0.3) is 0 Å². The summed E-state index contributed by atoms with van der Waals surface area (Å²) in [5, 5.41) is 4.15. The second kappa shape index (κ2) is 4.78. The van der Waals surface area contributed by atoms with Crippen molar-refractivity contribution in [2.75, 3.05) is 11.9 Å². The second-order valence-electron chi connectivity index (χ2n) is 4.94. The summed E-state index contributed by atoms with van der Waals surface area (Å²) in [5.74, 6) is 0.906. The van der Waals surface area contributed by atoms with Gasteiger partial charge in [0.1, 0.15) is 11.9 Å². The van der Waals surface area contributed by atoms with E-state index >= 15 is 0 Å². The van der Waals surface area contributed by atoms with E-state index < -0.39 is 0 Å². The van der Waals surface area contributed by atoms with E-state index in [4.69, 9.17) is 16.3 Å². The molecule has 0 aromatic heterocycles. The number of benzene rings is 2. The van der Waals surface area contributed by atoms with E-state index in [9.17, 15) is 0 Å². The molecule has 3 heteroatoms. The lowest BCUT2D eigenvalue weighted by molar-refractivity contribution is 0.208. The zero-order chi connectivity index (χ0) is 13.4. The van der Waals surface area contributed by atoms with Crippen molar-refractivity contribution in [3.63, 3.8) is 0 Å². The van der Waals surface area contributed by atoms with Crippen LogP contribution in [0.4, 0.5) is 5.69 Å². The number of aryl methyl sites for hydroxylation is 2.